The maximum absolute atomic E-state index is 12.7. The van der Waals surface area contributed by atoms with E-state index in [9.17, 15) is 10.2 Å². The molecular weight excluding hydrogens is 762 g/mol. The van der Waals surface area contributed by atoms with Crippen molar-refractivity contribution in [1.29, 1.82) is 0 Å². The van der Waals surface area contributed by atoms with Crippen molar-refractivity contribution in [3.05, 3.63) is 57.6 Å². The van der Waals surface area contributed by atoms with Gasteiger partial charge in [-0.3, -0.25) is 20.0 Å². The molecule has 10 nitrogen and oxygen atoms in total. The number of rotatable bonds is 0. The van der Waals surface area contributed by atoms with Crippen LogP contribution in [0.25, 0.3) is 0 Å². The molecule has 0 spiro atoms. The molecule has 2 aromatic carbocycles. The first kappa shape index (κ1) is 48.2. The predicted octanol–water partition coefficient (Wildman–Crippen LogP) is 2.89. The number of aliphatic imine (C=N–C) groups is 4. The molecule has 0 unspecified atom stereocenters. The molecule has 4 bridgehead atoms. The number of carbonyl (C=O) groups is 2. The van der Waals surface area contributed by atoms with E-state index >= 15 is 0 Å². The van der Waals surface area contributed by atoms with Crippen molar-refractivity contribution in [3.8, 4) is 11.5 Å². The Balaban J connectivity index is -0.00000114. The zero-order chi connectivity index (χ0) is 33.5. The Morgan fingerprint density at radius 1 is 0.587 bits per heavy atom. The van der Waals surface area contributed by atoms with Gasteiger partial charge in [0.05, 0.1) is 0 Å². The molecule has 1 heterocycles. The number of benzene rings is 2. The van der Waals surface area contributed by atoms with E-state index in [0.29, 0.717) is 48.4 Å². The van der Waals surface area contributed by atoms with Gasteiger partial charge in [0, 0.05) is 63.0 Å². The largest absolute Gasteiger partial charge is 2.00 e. The number of aryl methyl sites for hydroxylation is 2. The molecule has 0 saturated heterocycles. The summed E-state index contributed by atoms with van der Waals surface area (Å²) in [6.07, 6.45) is 10.1. The van der Waals surface area contributed by atoms with Crippen molar-refractivity contribution in [1.82, 2.24) is 0 Å². The topological polar surface area (TPSA) is 176 Å². The number of halogens is 3. The van der Waals surface area contributed by atoms with Crippen LogP contribution < -0.4 is 20.4 Å². The van der Waals surface area contributed by atoms with E-state index in [-0.39, 0.29) is 50.5 Å². The van der Waals surface area contributed by atoms with Gasteiger partial charge < -0.3 is 30.0 Å². The summed E-state index contributed by atoms with van der Waals surface area (Å²) in [5.74, 6) is -2.24. The number of alkyl halides is 3. The third-order valence-corrected chi connectivity index (χ3v) is 5.15. The van der Waals surface area contributed by atoms with Gasteiger partial charge in [0.15, 0.2) is 4.30 Å². The van der Waals surface area contributed by atoms with Crippen molar-refractivity contribution >= 4 is 71.6 Å². The molecule has 242 valence electrons. The second-order valence-corrected chi connectivity index (χ2v) is 11.3. The number of hydrogen-bond acceptors (Lipinski definition) is 10. The Hall–Kier alpha value is -2.22. The number of carboxylic acid groups (broad SMARTS) is 2. The van der Waals surface area contributed by atoms with Crippen LogP contribution in [0, 0.1) is 13.8 Å². The maximum Gasteiger partial charge on any atom is 2.00 e. The average molecular weight is 799 g/mol. The molecule has 0 fully saturated rings. The molecule has 1 aliphatic rings. The zero-order valence-corrected chi connectivity index (χ0v) is 34.8. The van der Waals surface area contributed by atoms with Crippen LogP contribution in [0.5, 0.6) is 11.5 Å². The molecule has 0 saturated carbocycles. The van der Waals surface area contributed by atoms with Gasteiger partial charge in [-0.2, -0.15) is 0 Å². The van der Waals surface area contributed by atoms with Gasteiger partial charge in [-0.05, 0) is 86.8 Å². The number of aliphatic carboxylic acids is 2. The van der Waals surface area contributed by atoms with E-state index in [2.05, 4.69) is 20.0 Å². The van der Waals surface area contributed by atoms with E-state index in [1.54, 1.807) is 24.9 Å². The third kappa shape index (κ3) is 25.9. The summed E-state index contributed by atoms with van der Waals surface area (Å²) < 4.78 is -0.750. The fraction of sp³-hybridized carbons (Fsp3) is 0.419. The van der Waals surface area contributed by atoms with E-state index in [1.807, 2.05) is 38.1 Å². The van der Waals surface area contributed by atoms with Crippen LogP contribution in [0.3, 0.4) is 0 Å². The molecule has 0 atom stereocenters. The van der Waals surface area contributed by atoms with Crippen LogP contribution in [-0.2, 0) is 48.5 Å². The van der Waals surface area contributed by atoms with Crippen LogP contribution in [0.2, 0.25) is 0 Å². The van der Waals surface area contributed by atoms with Crippen LogP contribution in [0.1, 0.15) is 72.9 Å². The van der Waals surface area contributed by atoms with Gasteiger partial charge >= 0.3 is 39.0 Å². The molecule has 3 rings (SSSR count). The minimum atomic E-state index is -1.08. The average Bonchev–Trinajstić information content (AvgIpc) is 2.90. The van der Waals surface area contributed by atoms with Gasteiger partial charge in [0.2, 0.25) is 0 Å². The first-order valence-corrected chi connectivity index (χ1v) is 15.0. The Kier molecular flexibility index (Phi) is 30.3. The molecule has 0 radical (unpaired) electrons. The van der Waals surface area contributed by atoms with E-state index in [4.69, 9.17) is 54.6 Å². The van der Waals surface area contributed by atoms with Gasteiger partial charge in [0.1, 0.15) is 0 Å². The minimum Gasteiger partial charge on any atom is -0.872 e. The Morgan fingerprint density at radius 3 is 0.935 bits per heavy atom. The molecular formula is C31H37Cl3N4O6Zn2. The minimum absolute atomic E-state index is 0. The van der Waals surface area contributed by atoms with Crippen molar-refractivity contribution in [2.45, 2.75) is 57.7 Å². The van der Waals surface area contributed by atoms with Gasteiger partial charge in [0.25, 0.3) is 0 Å². The van der Waals surface area contributed by atoms with Crippen LogP contribution in [-0.4, -0.2) is 67.3 Å². The summed E-state index contributed by atoms with van der Waals surface area (Å²) in [5, 5.41) is 43.1. The second kappa shape index (κ2) is 29.0. The van der Waals surface area contributed by atoms with Crippen molar-refractivity contribution in [2.75, 3.05) is 26.2 Å². The number of nitrogens with zero attached hydrogens (tertiary/aromatic N) is 4. The number of carboxylic acids is 2. The maximum atomic E-state index is 12.7. The number of carbonyl (C=O) groups excluding carboxylic acids is 2. The third-order valence-electron chi connectivity index (χ3n) is 5.15. The molecule has 2 aromatic rings. The van der Waals surface area contributed by atoms with Gasteiger partial charge in [-0.15, -0.1) is 0 Å². The fourth-order valence-electron chi connectivity index (χ4n) is 3.51. The summed E-state index contributed by atoms with van der Waals surface area (Å²) in [4.78, 5) is 35.5. The molecule has 46 heavy (non-hydrogen) atoms. The monoisotopic (exact) mass is 794 g/mol. The van der Waals surface area contributed by atoms with Crippen molar-refractivity contribution in [2.24, 2.45) is 20.0 Å². The predicted molar refractivity (Wildman–Crippen MR) is 172 cm³/mol. The molecule has 1 aliphatic heterocycles. The number of hydrogen-bond donors (Lipinski definition) is 0. The molecule has 0 aromatic heterocycles. The normalized spacial score (nSPS) is 12.9. The SMILES string of the molecule is CC(=O)[O-].CC(=O)[O-].Cc1cc2c([O-])c(c1)C=NCCCCN=Cc1cc(C)cc(c1[O-])C=NCCCCN=C2.ClC(Cl)Cl.[Zn+2].[Zn+2]. The Morgan fingerprint density at radius 2 is 0.761 bits per heavy atom. The second-order valence-electron chi connectivity index (χ2n) is 9.33. The molecule has 0 N–H and O–H groups in total. The summed E-state index contributed by atoms with van der Waals surface area (Å²) in [7, 11) is 0. The summed E-state index contributed by atoms with van der Waals surface area (Å²) in [6.45, 7) is 8.40. The van der Waals surface area contributed by atoms with E-state index in [1.165, 1.54) is 0 Å². The van der Waals surface area contributed by atoms with Gasteiger partial charge in [-0.25, -0.2) is 0 Å². The van der Waals surface area contributed by atoms with E-state index in [0.717, 1.165) is 50.7 Å². The van der Waals surface area contributed by atoms with Crippen LogP contribution >= 0.6 is 34.8 Å². The zero-order valence-electron chi connectivity index (χ0n) is 26.6. The Labute approximate surface area is 311 Å². The number of fused-ring (bicyclic) bond motifs is 4. The van der Waals surface area contributed by atoms with Crippen molar-refractivity contribution in [3.63, 3.8) is 0 Å². The van der Waals surface area contributed by atoms with Gasteiger partial charge in [-0.1, -0.05) is 70.6 Å². The van der Waals surface area contributed by atoms with Crippen molar-refractivity contribution < 1.29 is 69.0 Å². The van der Waals surface area contributed by atoms with Crippen LogP contribution in [0.15, 0.2) is 44.2 Å². The summed E-state index contributed by atoms with van der Waals surface area (Å²) in [6, 6.07) is 7.45. The summed E-state index contributed by atoms with van der Waals surface area (Å²) in [5.41, 5.74) is 4.42. The fourth-order valence-corrected chi connectivity index (χ4v) is 3.51. The Bertz CT molecular complexity index is 1130. The standard InChI is InChI=1S/C26H32N4O2.2C2H4O2.CHCl3.2Zn/c1-19-11-21-15-27-7-3-5-9-29-17-23-13-20(2)14-24(26(23)32)18-30-10-6-4-8-28-16-22(12-19)25(21)31;2*1-2(3)4;2-1(3)4;;/h11-18,31-32H,3-10H2,1-2H3;2*1H3,(H,3,4);1H;;/q;;;;2*+2/p-4. The quantitative estimate of drug-likeness (QED) is 0.293. The van der Waals surface area contributed by atoms with Crippen LogP contribution in [0.4, 0.5) is 0 Å². The first-order valence-electron chi connectivity index (χ1n) is 13.6. The molecule has 15 heteroatoms. The molecule has 0 aliphatic carbocycles. The van der Waals surface area contributed by atoms with E-state index < -0.39 is 16.2 Å². The first-order chi connectivity index (χ1) is 20.7. The molecule has 0 amide bonds. The smallest absolute Gasteiger partial charge is 0.872 e. The summed E-state index contributed by atoms with van der Waals surface area (Å²) >= 11 is 14.4.